The zero-order chi connectivity index (χ0) is 18.1. The highest BCUT2D eigenvalue weighted by Gasteiger charge is 2.24. The summed E-state index contributed by atoms with van der Waals surface area (Å²) in [5.74, 6) is 1.44. The molecule has 1 aliphatic heterocycles. The normalized spacial score (nSPS) is 15.6. The van der Waals surface area contributed by atoms with Crippen LogP contribution in [0, 0.1) is 18.7 Å². The Morgan fingerprint density at radius 3 is 2.77 bits per heavy atom. The number of anilines is 2. The zero-order valence-corrected chi connectivity index (χ0v) is 14.9. The van der Waals surface area contributed by atoms with Crippen LogP contribution in [0.1, 0.15) is 18.5 Å². The van der Waals surface area contributed by atoms with E-state index < -0.39 is 0 Å². The largest absolute Gasteiger partial charge is 0.357 e. The Morgan fingerprint density at radius 1 is 1.19 bits per heavy atom. The van der Waals surface area contributed by atoms with E-state index in [0.717, 1.165) is 49.3 Å². The number of hydrogen-bond acceptors (Lipinski definition) is 7. The first-order valence-corrected chi connectivity index (χ1v) is 8.70. The number of piperidine rings is 1. The van der Waals surface area contributed by atoms with E-state index in [2.05, 4.69) is 35.0 Å². The van der Waals surface area contributed by atoms with Gasteiger partial charge in [-0.2, -0.15) is 5.10 Å². The Morgan fingerprint density at radius 2 is 1.96 bits per heavy atom. The van der Waals surface area contributed by atoms with E-state index in [4.69, 9.17) is 0 Å². The second kappa shape index (κ2) is 6.81. The molecular weight excluding hydrogens is 335 g/mol. The van der Waals surface area contributed by atoms with Crippen LogP contribution < -0.4 is 9.80 Å². The highest BCUT2D eigenvalue weighted by Crippen LogP contribution is 2.27. The number of aromatic amines is 1. The van der Waals surface area contributed by atoms with Crippen molar-refractivity contribution in [2.75, 3.05) is 36.5 Å². The van der Waals surface area contributed by atoms with Gasteiger partial charge in [-0.1, -0.05) is 0 Å². The zero-order valence-electron chi connectivity index (χ0n) is 14.9. The maximum Gasteiger partial charge on any atom is 0.186 e. The number of H-pyrrole nitrogens is 1. The van der Waals surface area contributed by atoms with E-state index in [9.17, 15) is 4.39 Å². The second-order valence-electron chi connectivity index (χ2n) is 6.74. The average molecular weight is 356 g/mol. The number of hydrogen-bond donors (Lipinski definition) is 1. The molecule has 3 aromatic heterocycles. The third kappa shape index (κ3) is 3.04. The number of rotatable bonds is 4. The molecule has 0 amide bonds. The van der Waals surface area contributed by atoms with Gasteiger partial charge < -0.3 is 9.80 Å². The second-order valence-corrected chi connectivity index (χ2v) is 6.74. The molecule has 8 nitrogen and oxygen atoms in total. The fraction of sp³-hybridized carbons (Fsp3) is 0.471. The summed E-state index contributed by atoms with van der Waals surface area (Å²) in [6.07, 6.45) is 6.78. The molecule has 0 unspecified atom stereocenters. The van der Waals surface area contributed by atoms with Crippen molar-refractivity contribution in [2.24, 2.45) is 5.92 Å². The molecule has 136 valence electrons. The predicted octanol–water partition coefficient (Wildman–Crippen LogP) is 1.94. The van der Waals surface area contributed by atoms with Gasteiger partial charge in [0.05, 0.1) is 17.3 Å². The van der Waals surface area contributed by atoms with Crippen LogP contribution in [0.15, 0.2) is 18.9 Å². The van der Waals surface area contributed by atoms with Crippen LogP contribution >= 0.6 is 0 Å². The van der Waals surface area contributed by atoms with Crippen molar-refractivity contribution in [3.05, 3.63) is 30.4 Å². The predicted molar refractivity (Wildman–Crippen MR) is 96.6 cm³/mol. The first-order chi connectivity index (χ1) is 12.6. The maximum atomic E-state index is 14.2. The molecule has 0 spiro atoms. The fourth-order valence-corrected chi connectivity index (χ4v) is 3.52. The summed E-state index contributed by atoms with van der Waals surface area (Å²) >= 11 is 0. The Kier molecular flexibility index (Phi) is 4.36. The van der Waals surface area contributed by atoms with Crippen LogP contribution in [0.2, 0.25) is 0 Å². The van der Waals surface area contributed by atoms with E-state index in [1.165, 1.54) is 6.33 Å². The van der Waals surface area contributed by atoms with Crippen LogP contribution in [0.5, 0.6) is 0 Å². The summed E-state index contributed by atoms with van der Waals surface area (Å²) in [6.45, 7) is 4.24. The van der Waals surface area contributed by atoms with Gasteiger partial charge in [0.1, 0.15) is 18.5 Å². The van der Waals surface area contributed by atoms with Gasteiger partial charge in [0.15, 0.2) is 17.3 Å². The van der Waals surface area contributed by atoms with Gasteiger partial charge in [-0.3, -0.25) is 5.10 Å². The number of nitrogens with zero attached hydrogens (tertiary/aromatic N) is 7. The number of nitrogens with one attached hydrogen (secondary N) is 1. The Hall–Kier alpha value is -2.84. The van der Waals surface area contributed by atoms with Crippen molar-refractivity contribution < 1.29 is 4.39 Å². The summed E-state index contributed by atoms with van der Waals surface area (Å²) in [4.78, 5) is 20.8. The standard InChI is InChI=1S/C17H21FN8/c1-11-14(18)17(22-9-19-11)25(2)8-12-3-5-26(6-4-12)16-13-7-23-24-15(13)20-10-21-16/h7,9-10,12H,3-6,8H2,1-2H3,(H,20,21,23,24). The number of aryl methyl sites for hydroxylation is 1. The summed E-state index contributed by atoms with van der Waals surface area (Å²) in [6, 6.07) is 0. The van der Waals surface area contributed by atoms with E-state index in [-0.39, 0.29) is 5.82 Å². The van der Waals surface area contributed by atoms with Gasteiger partial charge in [-0.05, 0) is 25.7 Å². The molecule has 1 fully saturated rings. The molecule has 9 heteroatoms. The van der Waals surface area contributed by atoms with Gasteiger partial charge in [0.25, 0.3) is 0 Å². The SMILES string of the molecule is Cc1ncnc(N(C)CC2CCN(c3ncnc4[nH]ncc34)CC2)c1F. The highest BCUT2D eigenvalue weighted by molar-refractivity contribution is 5.86. The molecule has 0 aliphatic carbocycles. The average Bonchev–Trinajstić information content (AvgIpc) is 3.13. The van der Waals surface area contributed by atoms with Crippen molar-refractivity contribution in [1.82, 2.24) is 30.1 Å². The molecule has 1 saturated heterocycles. The van der Waals surface area contributed by atoms with Crippen molar-refractivity contribution in [1.29, 1.82) is 0 Å². The molecule has 4 rings (SSSR count). The minimum absolute atomic E-state index is 0.337. The summed E-state index contributed by atoms with van der Waals surface area (Å²) < 4.78 is 14.2. The molecule has 0 aromatic carbocycles. The third-order valence-corrected chi connectivity index (χ3v) is 4.98. The van der Waals surface area contributed by atoms with Gasteiger partial charge in [-0.15, -0.1) is 0 Å². The Balaban J connectivity index is 1.41. The first-order valence-electron chi connectivity index (χ1n) is 8.70. The molecule has 0 radical (unpaired) electrons. The molecule has 0 bridgehead atoms. The van der Waals surface area contributed by atoms with Crippen molar-refractivity contribution in [3.63, 3.8) is 0 Å². The number of fused-ring (bicyclic) bond motifs is 1. The minimum atomic E-state index is -0.337. The minimum Gasteiger partial charge on any atom is -0.357 e. The monoisotopic (exact) mass is 356 g/mol. The van der Waals surface area contributed by atoms with Gasteiger partial charge in [0.2, 0.25) is 0 Å². The molecular formula is C17H21FN8. The third-order valence-electron chi connectivity index (χ3n) is 4.98. The van der Waals surface area contributed by atoms with Crippen molar-refractivity contribution in [2.45, 2.75) is 19.8 Å². The Labute approximate surface area is 150 Å². The van der Waals surface area contributed by atoms with Crippen LogP contribution in [0.25, 0.3) is 11.0 Å². The molecule has 0 saturated carbocycles. The number of aromatic nitrogens is 6. The molecule has 4 heterocycles. The lowest BCUT2D eigenvalue weighted by molar-refractivity contribution is 0.405. The molecule has 1 N–H and O–H groups in total. The summed E-state index contributed by atoms with van der Waals surface area (Å²) in [5, 5.41) is 7.88. The van der Waals surface area contributed by atoms with Crippen molar-refractivity contribution in [3.8, 4) is 0 Å². The molecule has 1 aliphatic rings. The van der Waals surface area contributed by atoms with E-state index >= 15 is 0 Å². The highest BCUT2D eigenvalue weighted by atomic mass is 19.1. The lowest BCUT2D eigenvalue weighted by Gasteiger charge is -2.35. The van der Waals surface area contributed by atoms with Crippen molar-refractivity contribution >= 4 is 22.7 Å². The molecule has 0 atom stereocenters. The smallest absolute Gasteiger partial charge is 0.186 e. The van der Waals surface area contributed by atoms with Crippen LogP contribution in [0.3, 0.4) is 0 Å². The van der Waals surface area contributed by atoms with Gasteiger partial charge in [-0.25, -0.2) is 24.3 Å². The van der Waals surface area contributed by atoms with Crippen LogP contribution in [-0.2, 0) is 0 Å². The molecule has 26 heavy (non-hydrogen) atoms. The quantitative estimate of drug-likeness (QED) is 0.764. The summed E-state index contributed by atoms with van der Waals surface area (Å²) in [5.41, 5.74) is 1.14. The lowest BCUT2D eigenvalue weighted by Crippen LogP contribution is -2.38. The molecule has 3 aromatic rings. The first kappa shape index (κ1) is 16.6. The van der Waals surface area contributed by atoms with Crippen LogP contribution in [-0.4, -0.2) is 56.8 Å². The number of halogens is 1. The lowest BCUT2D eigenvalue weighted by atomic mass is 9.96. The van der Waals surface area contributed by atoms with E-state index in [1.54, 1.807) is 19.4 Å². The van der Waals surface area contributed by atoms with Crippen LogP contribution in [0.4, 0.5) is 16.0 Å². The topological polar surface area (TPSA) is 86.7 Å². The van der Waals surface area contributed by atoms with Gasteiger partial charge >= 0.3 is 0 Å². The maximum absolute atomic E-state index is 14.2. The fourth-order valence-electron chi connectivity index (χ4n) is 3.52. The van der Waals surface area contributed by atoms with E-state index in [1.807, 2.05) is 11.9 Å². The van der Waals surface area contributed by atoms with Gasteiger partial charge in [0, 0.05) is 26.7 Å². The Bertz CT molecular complexity index is 903. The van der Waals surface area contributed by atoms with E-state index in [0.29, 0.717) is 17.4 Å². The summed E-state index contributed by atoms with van der Waals surface area (Å²) in [7, 11) is 1.89.